The Morgan fingerprint density at radius 3 is 2.47 bits per heavy atom. The lowest BCUT2D eigenvalue weighted by molar-refractivity contribution is 0.0153. The van der Waals surface area contributed by atoms with Gasteiger partial charge in [-0.1, -0.05) is 6.92 Å². The normalized spacial score (nSPS) is 14.6. The summed E-state index contributed by atoms with van der Waals surface area (Å²) >= 11 is 0. The first-order valence-electron chi connectivity index (χ1n) is 5.88. The van der Waals surface area contributed by atoms with Gasteiger partial charge in [0, 0.05) is 19.7 Å². The molecule has 0 radical (unpaired) electrons. The SMILES string of the molecule is CCN(C)CC(C)NCCC(C)(C)OC. The molecule has 0 aromatic carbocycles. The molecule has 0 fully saturated rings. The van der Waals surface area contributed by atoms with Crippen molar-refractivity contribution in [2.75, 3.05) is 33.8 Å². The minimum Gasteiger partial charge on any atom is -0.379 e. The zero-order chi connectivity index (χ0) is 11.9. The summed E-state index contributed by atoms with van der Waals surface area (Å²) in [5, 5.41) is 3.52. The third-order valence-electron chi connectivity index (χ3n) is 2.90. The summed E-state index contributed by atoms with van der Waals surface area (Å²) in [5.41, 5.74) is -0.0105. The van der Waals surface area contributed by atoms with E-state index in [-0.39, 0.29) is 5.60 Å². The summed E-state index contributed by atoms with van der Waals surface area (Å²) in [7, 11) is 3.92. The van der Waals surface area contributed by atoms with Gasteiger partial charge in [0.25, 0.3) is 0 Å². The molecule has 3 nitrogen and oxygen atoms in total. The molecular weight excluding hydrogens is 188 g/mol. The summed E-state index contributed by atoms with van der Waals surface area (Å²) in [4.78, 5) is 2.32. The maximum Gasteiger partial charge on any atom is 0.0634 e. The van der Waals surface area contributed by atoms with Crippen LogP contribution in [0.5, 0.6) is 0 Å². The number of ether oxygens (including phenoxy) is 1. The highest BCUT2D eigenvalue weighted by Crippen LogP contribution is 2.11. The van der Waals surface area contributed by atoms with Crippen molar-refractivity contribution in [1.29, 1.82) is 0 Å². The van der Waals surface area contributed by atoms with Crippen LogP contribution in [0.15, 0.2) is 0 Å². The van der Waals surface area contributed by atoms with E-state index in [1.807, 2.05) is 0 Å². The van der Waals surface area contributed by atoms with Crippen molar-refractivity contribution in [2.45, 2.75) is 45.8 Å². The van der Waals surface area contributed by atoms with Crippen LogP contribution in [0.25, 0.3) is 0 Å². The van der Waals surface area contributed by atoms with Crippen LogP contribution < -0.4 is 5.32 Å². The van der Waals surface area contributed by atoms with E-state index >= 15 is 0 Å². The van der Waals surface area contributed by atoms with E-state index in [9.17, 15) is 0 Å². The Morgan fingerprint density at radius 2 is 2.00 bits per heavy atom. The molecule has 0 aromatic heterocycles. The monoisotopic (exact) mass is 216 g/mol. The Balaban J connectivity index is 3.59. The molecule has 1 atom stereocenters. The molecule has 92 valence electrons. The lowest BCUT2D eigenvalue weighted by Gasteiger charge is -2.25. The van der Waals surface area contributed by atoms with Crippen LogP contribution in [0.3, 0.4) is 0 Å². The van der Waals surface area contributed by atoms with Crippen LogP contribution in [-0.2, 0) is 4.74 Å². The van der Waals surface area contributed by atoms with E-state index in [0.717, 1.165) is 26.1 Å². The average molecular weight is 216 g/mol. The summed E-state index contributed by atoms with van der Waals surface area (Å²) < 4.78 is 5.37. The highest BCUT2D eigenvalue weighted by molar-refractivity contribution is 4.71. The summed E-state index contributed by atoms with van der Waals surface area (Å²) in [6.45, 7) is 11.9. The molecule has 0 saturated carbocycles. The third-order valence-corrected chi connectivity index (χ3v) is 2.90. The van der Waals surface area contributed by atoms with Gasteiger partial charge in [0.15, 0.2) is 0 Å². The van der Waals surface area contributed by atoms with Gasteiger partial charge in [-0.25, -0.2) is 0 Å². The zero-order valence-electron chi connectivity index (χ0n) is 11.3. The van der Waals surface area contributed by atoms with Gasteiger partial charge in [-0.05, 0) is 47.3 Å². The van der Waals surface area contributed by atoms with Crippen molar-refractivity contribution in [3.63, 3.8) is 0 Å². The zero-order valence-corrected chi connectivity index (χ0v) is 11.3. The van der Waals surface area contributed by atoms with E-state index in [4.69, 9.17) is 4.74 Å². The first kappa shape index (κ1) is 14.9. The Hall–Kier alpha value is -0.120. The van der Waals surface area contributed by atoms with Gasteiger partial charge in [-0.2, -0.15) is 0 Å². The molecule has 0 saturated heterocycles. The summed E-state index contributed by atoms with van der Waals surface area (Å²) in [5.74, 6) is 0. The van der Waals surface area contributed by atoms with E-state index in [1.165, 1.54) is 0 Å². The minimum atomic E-state index is -0.0105. The standard InChI is InChI=1S/C12H28N2O/c1-7-14(5)10-11(2)13-9-8-12(3,4)15-6/h11,13H,7-10H2,1-6H3. The Morgan fingerprint density at radius 1 is 1.40 bits per heavy atom. The molecule has 0 amide bonds. The molecule has 3 heteroatoms. The highest BCUT2D eigenvalue weighted by Gasteiger charge is 2.15. The van der Waals surface area contributed by atoms with E-state index in [2.05, 4.69) is 45.0 Å². The Kier molecular flexibility index (Phi) is 7.14. The Bertz CT molecular complexity index is 160. The van der Waals surface area contributed by atoms with Crippen LogP contribution in [-0.4, -0.2) is 50.3 Å². The number of rotatable bonds is 8. The highest BCUT2D eigenvalue weighted by atomic mass is 16.5. The van der Waals surface area contributed by atoms with Crippen molar-refractivity contribution in [3.8, 4) is 0 Å². The number of nitrogens with zero attached hydrogens (tertiary/aromatic N) is 1. The van der Waals surface area contributed by atoms with E-state index in [1.54, 1.807) is 7.11 Å². The molecule has 0 aliphatic heterocycles. The maximum atomic E-state index is 5.37. The lowest BCUT2D eigenvalue weighted by Crippen LogP contribution is -2.39. The summed E-state index contributed by atoms with van der Waals surface area (Å²) in [6.07, 6.45) is 1.05. The topological polar surface area (TPSA) is 24.5 Å². The first-order chi connectivity index (χ1) is 6.91. The first-order valence-corrected chi connectivity index (χ1v) is 5.88. The van der Waals surface area contributed by atoms with Gasteiger partial charge >= 0.3 is 0 Å². The number of hydrogen-bond donors (Lipinski definition) is 1. The average Bonchev–Trinajstić information content (AvgIpc) is 2.17. The van der Waals surface area contributed by atoms with Gasteiger partial charge < -0.3 is 15.0 Å². The van der Waals surface area contributed by atoms with Crippen LogP contribution in [0.2, 0.25) is 0 Å². The van der Waals surface area contributed by atoms with Gasteiger partial charge in [0.05, 0.1) is 5.60 Å². The van der Waals surface area contributed by atoms with Crippen LogP contribution in [0.4, 0.5) is 0 Å². The van der Waals surface area contributed by atoms with Crippen molar-refractivity contribution in [1.82, 2.24) is 10.2 Å². The molecule has 0 aromatic rings. The fraction of sp³-hybridized carbons (Fsp3) is 1.00. The second kappa shape index (κ2) is 7.20. The molecular formula is C12H28N2O. The molecule has 0 aliphatic carbocycles. The molecule has 0 bridgehead atoms. The molecule has 0 rings (SSSR count). The van der Waals surface area contributed by atoms with E-state index in [0.29, 0.717) is 6.04 Å². The molecule has 1 N–H and O–H groups in total. The predicted molar refractivity (Wildman–Crippen MR) is 66.3 cm³/mol. The third kappa shape index (κ3) is 7.77. The molecule has 1 unspecified atom stereocenters. The van der Waals surface area contributed by atoms with Crippen molar-refractivity contribution >= 4 is 0 Å². The van der Waals surface area contributed by atoms with Crippen LogP contribution in [0, 0.1) is 0 Å². The molecule has 0 spiro atoms. The summed E-state index contributed by atoms with van der Waals surface area (Å²) in [6, 6.07) is 0.544. The van der Waals surface area contributed by atoms with E-state index < -0.39 is 0 Å². The lowest BCUT2D eigenvalue weighted by atomic mass is 10.1. The minimum absolute atomic E-state index is 0.0105. The number of likely N-dealkylation sites (N-methyl/N-ethyl adjacent to an activating group) is 1. The molecule has 0 heterocycles. The fourth-order valence-corrected chi connectivity index (χ4v) is 1.38. The number of methoxy groups -OCH3 is 1. The largest absolute Gasteiger partial charge is 0.379 e. The van der Waals surface area contributed by atoms with Crippen LogP contribution >= 0.6 is 0 Å². The second-order valence-electron chi connectivity index (χ2n) is 4.92. The van der Waals surface area contributed by atoms with Crippen LogP contribution in [0.1, 0.15) is 34.1 Å². The molecule has 15 heavy (non-hydrogen) atoms. The second-order valence-corrected chi connectivity index (χ2v) is 4.92. The van der Waals surface area contributed by atoms with Crippen molar-refractivity contribution in [3.05, 3.63) is 0 Å². The fourth-order valence-electron chi connectivity index (χ4n) is 1.38. The van der Waals surface area contributed by atoms with Gasteiger partial charge in [0.1, 0.15) is 0 Å². The van der Waals surface area contributed by atoms with Crippen molar-refractivity contribution in [2.24, 2.45) is 0 Å². The smallest absolute Gasteiger partial charge is 0.0634 e. The molecule has 0 aliphatic rings. The van der Waals surface area contributed by atoms with Gasteiger partial charge in [-0.3, -0.25) is 0 Å². The van der Waals surface area contributed by atoms with Gasteiger partial charge in [-0.15, -0.1) is 0 Å². The number of nitrogens with one attached hydrogen (secondary N) is 1. The predicted octanol–water partition coefficient (Wildman–Crippen LogP) is 1.73. The maximum absolute atomic E-state index is 5.37. The number of hydrogen-bond acceptors (Lipinski definition) is 3. The van der Waals surface area contributed by atoms with Crippen molar-refractivity contribution < 1.29 is 4.74 Å². The quantitative estimate of drug-likeness (QED) is 0.669. The Labute approximate surface area is 95.2 Å². The van der Waals surface area contributed by atoms with Gasteiger partial charge in [0.2, 0.25) is 0 Å².